The molecule has 0 saturated heterocycles. The number of benzene rings is 5. The zero-order chi connectivity index (χ0) is 54.8. The van der Waals surface area contributed by atoms with Crippen molar-refractivity contribution in [3.05, 3.63) is 125 Å². The summed E-state index contributed by atoms with van der Waals surface area (Å²) in [5, 5.41) is 42.7. The van der Waals surface area contributed by atoms with Gasteiger partial charge in [0.25, 0.3) is 0 Å². The fourth-order valence-corrected chi connectivity index (χ4v) is 7.07. The number of rotatable bonds is 18. The molecule has 0 amide bonds. The van der Waals surface area contributed by atoms with Gasteiger partial charge in [-0.3, -0.25) is 21.0 Å². The normalized spacial score (nSPS) is 12.6. The molecule has 0 aliphatic carbocycles. The molecule has 0 spiro atoms. The lowest BCUT2D eigenvalue weighted by atomic mass is 10.1. The lowest BCUT2D eigenvalue weighted by molar-refractivity contribution is -0.145. The van der Waals surface area contributed by atoms with Crippen molar-refractivity contribution in [2.75, 3.05) is 20.3 Å². The Kier molecular flexibility index (Phi) is 28.3. The maximum Gasteiger partial charge on any atom is 0.344 e. The van der Waals surface area contributed by atoms with Gasteiger partial charge in [0.15, 0.2) is 19.3 Å². The molecule has 29 heteroatoms. The summed E-state index contributed by atoms with van der Waals surface area (Å²) in [7, 11) is 1.32. The second-order valence-corrected chi connectivity index (χ2v) is 17.9. The van der Waals surface area contributed by atoms with Crippen LogP contribution in [0.1, 0.15) is 45.2 Å². The Hall–Kier alpha value is -6.80. The van der Waals surface area contributed by atoms with E-state index >= 15 is 0 Å². The molecule has 6 unspecified atom stereocenters. The Bertz CT molecular complexity index is 2690. The molecule has 5 N–H and O–H groups in total. The summed E-state index contributed by atoms with van der Waals surface area (Å²) in [6, 6.07) is 22.6. The molecule has 0 saturated carbocycles. The molecule has 0 fully saturated rings. The molecule has 5 aromatic carbocycles. The van der Waals surface area contributed by atoms with Gasteiger partial charge >= 0.3 is 29.8 Å². The van der Waals surface area contributed by atoms with E-state index in [4.69, 9.17) is 44.5 Å². The first-order valence-corrected chi connectivity index (χ1v) is 24.7. The van der Waals surface area contributed by atoms with E-state index < -0.39 is 105 Å². The van der Waals surface area contributed by atoms with Crippen LogP contribution in [0.25, 0.3) is 0 Å². The maximum absolute atomic E-state index is 10.9. The standard InChI is InChI=1S/2C10H12O5S.2C8H8O5S.C7H6O4S/c1-6-3-8(15-5-9(11)12)4-7(2)10(6)16(13)14;1-2-9(10(11)12)15-7-3-5-8(6-4-7)16(13)14;1-13-7-3-2-5(14(11)12)4-6(7)8(9)10;9-8(10)5-13-6-1-3-7(4-2-6)14(11)12;8-7(9)5-1-3-6(4-2-5)12(10)11/h3-4H,5H2,1-2H3,(H,11,12)(H,13,14);3-6,9H,2H2,1H3,(H,11,12)(H,13,14);2-4H,1H3,(H,9,10)(H,11,12);1-4H,5H2,(H,9,10)(H,11,12);1-4H,(H,8,9)(H,10,11)/p-5. The van der Waals surface area contributed by atoms with Crippen LogP contribution in [0.15, 0.2) is 128 Å². The van der Waals surface area contributed by atoms with Crippen molar-refractivity contribution >= 4 is 85.2 Å². The second-order valence-electron chi connectivity index (χ2n) is 13.2. The fraction of sp³-hybridized carbons (Fsp3) is 0.186. The maximum atomic E-state index is 10.9. The highest BCUT2D eigenvalue weighted by Gasteiger charge is 2.16. The van der Waals surface area contributed by atoms with Crippen LogP contribution in [0.4, 0.5) is 0 Å². The zero-order valence-electron chi connectivity index (χ0n) is 37.5. The Morgan fingerprint density at radius 1 is 0.514 bits per heavy atom. The Morgan fingerprint density at radius 3 is 1.24 bits per heavy atom. The monoisotopic (exact) mass is 1100 g/mol. The number of hydrogen-bond acceptors (Lipinski definition) is 19. The summed E-state index contributed by atoms with van der Waals surface area (Å²) in [5.41, 5.74) is 0.973. The van der Waals surface area contributed by atoms with Crippen LogP contribution in [0.2, 0.25) is 0 Å². The van der Waals surface area contributed by atoms with Crippen molar-refractivity contribution in [2.24, 2.45) is 0 Å². The SMILES string of the molecule is CCC(Oc1ccc(S(=O)[O-])cc1)C(=O)O.COc1ccc(S(=O)[O-])cc1C(=O)O.Cc1cc(OCC(=O)O)cc(C)c1S(=O)[O-].O=C(O)COc1ccc(S(=O)[O-])cc1.O=C(O)c1ccc(S(=O)[O-])cc1. The third-order valence-corrected chi connectivity index (χ3v) is 11.8. The predicted octanol–water partition coefficient (Wildman–Crippen LogP) is 3.81. The highest BCUT2D eigenvalue weighted by atomic mass is 32.2. The number of methoxy groups -OCH3 is 1. The van der Waals surface area contributed by atoms with Crippen molar-refractivity contribution in [1.82, 2.24) is 0 Å². The number of aryl methyl sites for hydroxylation is 2. The summed E-state index contributed by atoms with van der Waals surface area (Å²) < 4.78 is 125. The molecular weight excluding hydrogens is 1060 g/mol. The van der Waals surface area contributed by atoms with Crippen LogP contribution >= 0.6 is 0 Å². The van der Waals surface area contributed by atoms with Gasteiger partial charge in [0.1, 0.15) is 28.6 Å². The minimum Gasteiger partial charge on any atom is -0.768 e. The van der Waals surface area contributed by atoms with Gasteiger partial charge in [0, 0.05) is 24.5 Å². The van der Waals surface area contributed by atoms with Gasteiger partial charge in [-0.05, 0) is 190 Å². The van der Waals surface area contributed by atoms with E-state index in [1.165, 1.54) is 104 Å². The van der Waals surface area contributed by atoms with Gasteiger partial charge in [-0.25, -0.2) is 24.0 Å². The Balaban J connectivity index is 0.000000452. The van der Waals surface area contributed by atoms with Crippen LogP contribution in [-0.4, -0.2) is 126 Å². The van der Waals surface area contributed by atoms with Crippen LogP contribution in [-0.2, 0) is 69.8 Å². The summed E-state index contributed by atoms with van der Waals surface area (Å²) in [6.45, 7) is 4.07. The summed E-state index contributed by atoms with van der Waals surface area (Å²) in [5.74, 6) is -4.36. The van der Waals surface area contributed by atoms with Crippen molar-refractivity contribution in [2.45, 2.75) is 57.8 Å². The van der Waals surface area contributed by atoms with Gasteiger partial charge in [-0.1, -0.05) is 6.92 Å². The van der Waals surface area contributed by atoms with E-state index in [1.807, 2.05) is 0 Å². The van der Waals surface area contributed by atoms with Gasteiger partial charge in [-0.2, -0.15) is 0 Å². The summed E-state index contributed by atoms with van der Waals surface area (Å²) >= 11 is -11.6. The minimum atomic E-state index is -2.43. The van der Waals surface area contributed by atoms with Crippen molar-refractivity contribution < 1.29 is 112 Å². The molecule has 392 valence electrons. The highest BCUT2D eigenvalue weighted by Crippen LogP contribution is 2.24. The van der Waals surface area contributed by atoms with Gasteiger partial charge in [0.2, 0.25) is 0 Å². The van der Waals surface area contributed by atoms with E-state index in [0.717, 1.165) is 6.07 Å². The van der Waals surface area contributed by atoms with Gasteiger partial charge < -0.3 is 67.2 Å². The molecule has 0 bridgehead atoms. The Morgan fingerprint density at radius 2 is 0.903 bits per heavy atom. The molecule has 5 aromatic rings. The smallest absolute Gasteiger partial charge is 0.344 e. The molecule has 72 heavy (non-hydrogen) atoms. The number of aromatic carboxylic acids is 2. The molecule has 5 rings (SSSR count). The first-order valence-electron chi connectivity index (χ1n) is 19.3. The van der Waals surface area contributed by atoms with E-state index in [-0.39, 0.29) is 41.4 Å². The first-order chi connectivity index (χ1) is 33.7. The summed E-state index contributed by atoms with van der Waals surface area (Å²) in [4.78, 5) is 52.6. The van der Waals surface area contributed by atoms with E-state index in [0.29, 0.717) is 34.8 Å². The molecule has 0 heterocycles. The third kappa shape index (κ3) is 23.4. The molecule has 0 aromatic heterocycles. The van der Waals surface area contributed by atoms with Crippen LogP contribution in [0.5, 0.6) is 23.0 Å². The van der Waals surface area contributed by atoms with E-state index in [1.54, 1.807) is 20.8 Å². The molecular formula is C43H41O24S5-5. The fourth-order valence-electron chi connectivity index (χ4n) is 4.96. The quantitative estimate of drug-likeness (QED) is 0.0779. The third-order valence-electron chi connectivity index (χ3n) is 8.17. The number of ether oxygens (including phenoxy) is 4. The molecule has 0 aliphatic heterocycles. The molecule has 0 aliphatic rings. The number of hydrogen-bond donors (Lipinski definition) is 5. The van der Waals surface area contributed by atoms with Crippen LogP contribution < -0.4 is 18.9 Å². The first kappa shape index (κ1) is 63.2. The molecule has 0 radical (unpaired) electrons. The van der Waals surface area contributed by atoms with E-state index in [9.17, 15) is 67.8 Å². The molecule has 6 atom stereocenters. The lowest BCUT2D eigenvalue weighted by Gasteiger charge is -2.14. The Labute approximate surface area is 422 Å². The lowest BCUT2D eigenvalue weighted by Crippen LogP contribution is -2.25. The van der Waals surface area contributed by atoms with E-state index in [2.05, 4.69) is 0 Å². The second kappa shape index (κ2) is 32.2. The topological polar surface area (TPSA) is 424 Å². The van der Waals surface area contributed by atoms with Crippen molar-refractivity contribution in [3.8, 4) is 23.0 Å². The van der Waals surface area contributed by atoms with Crippen LogP contribution in [0, 0.1) is 13.8 Å². The minimum absolute atomic E-state index is 0.0733. The largest absolute Gasteiger partial charge is 0.768 e. The number of carboxylic acid groups (broad SMARTS) is 5. The van der Waals surface area contributed by atoms with Gasteiger partial charge in [-0.15, -0.1) is 0 Å². The zero-order valence-corrected chi connectivity index (χ0v) is 41.6. The van der Waals surface area contributed by atoms with Crippen molar-refractivity contribution in [3.63, 3.8) is 0 Å². The predicted molar refractivity (Wildman–Crippen MR) is 247 cm³/mol. The average molecular weight is 1100 g/mol. The summed E-state index contributed by atoms with van der Waals surface area (Å²) in [6.07, 6.45) is -0.575. The van der Waals surface area contributed by atoms with Gasteiger partial charge in [0.05, 0.1) is 12.7 Å². The average Bonchev–Trinajstić information content (AvgIpc) is 3.32. The number of carbonyl (C=O) groups is 5. The van der Waals surface area contributed by atoms with Crippen molar-refractivity contribution in [1.29, 1.82) is 0 Å². The highest BCUT2D eigenvalue weighted by molar-refractivity contribution is 7.80. The molecule has 24 nitrogen and oxygen atoms in total. The number of aliphatic carboxylic acids is 3. The number of carboxylic acids is 5. The van der Waals surface area contributed by atoms with Crippen LogP contribution in [0.3, 0.4) is 0 Å².